The molecule has 0 fully saturated rings. The summed E-state index contributed by atoms with van der Waals surface area (Å²) in [4.78, 5) is 2.52. The van der Waals surface area contributed by atoms with Crippen molar-refractivity contribution < 1.29 is 4.42 Å². The van der Waals surface area contributed by atoms with Crippen LogP contribution in [-0.4, -0.2) is 0 Å². The topological polar surface area (TPSA) is 16.4 Å². The molecular formula is C61H39NO. The Morgan fingerprint density at radius 2 is 0.825 bits per heavy atom. The van der Waals surface area contributed by atoms with E-state index in [1.807, 2.05) is 0 Å². The number of para-hydroxylation sites is 1. The van der Waals surface area contributed by atoms with Crippen LogP contribution < -0.4 is 4.90 Å². The van der Waals surface area contributed by atoms with Gasteiger partial charge in [0.05, 0.1) is 16.8 Å². The van der Waals surface area contributed by atoms with Gasteiger partial charge in [0, 0.05) is 27.6 Å². The first-order valence-electron chi connectivity index (χ1n) is 21.8. The summed E-state index contributed by atoms with van der Waals surface area (Å²) in [6.07, 6.45) is 0. The van der Waals surface area contributed by atoms with Crippen molar-refractivity contribution in [1.82, 2.24) is 0 Å². The Balaban J connectivity index is 1.13. The van der Waals surface area contributed by atoms with Gasteiger partial charge in [0.25, 0.3) is 0 Å². The summed E-state index contributed by atoms with van der Waals surface area (Å²) in [5, 5.41) is 2.22. The molecule has 0 saturated heterocycles. The van der Waals surface area contributed by atoms with Crippen LogP contribution in [0.5, 0.6) is 0 Å². The largest absolute Gasteiger partial charge is 0.456 e. The number of nitrogens with zero attached hydrogens (tertiary/aromatic N) is 1. The Bertz CT molecular complexity index is 3520. The maximum atomic E-state index is 6.55. The molecule has 0 amide bonds. The highest BCUT2D eigenvalue weighted by atomic mass is 16.3. The molecule has 1 heterocycles. The van der Waals surface area contributed by atoms with Crippen molar-refractivity contribution in [3.63, 3.8) is 0 Å². The van der Waals surface area contributed by atoms with Crippen LogP contribution in [0.25, 0.3) is 77.6 Å². The van der Waals surface area contributed by atoms with Crippen LogP contribution in [0.3, 0.4) is 0 Å². The van der Waals surface area contributed by atoms with Gasteiger partial charge >= 0.3 is 0 Å². The van der Waals surface area contributed by atoms with Gasteiger partial charge in [-0.2, -0.15) is 0 Å². The number of anilines is 3. The van der Waals surface area contributed by atoms with Crippen LogP contribution in [0.15, 0.2) is 241 Å². The molecule has 2 aliphatic rings. The summed E-state index contributed by atoms with van der Waals surface area (Å²) in [7, 11) is 0. The van der Waals surface area contributed by atoms with Crippen molar-refractivity contribution in [2.75, 3.05) is 4.90 Å². The minimum absolute atomic E-state index is 0.473. The smallest absolute Gasteiger partial charge is 0.136 e. The summed E-state index contributed by atoms with van der Waals surface area (Å²) in [5.74, 6) is 0. The second-order valence-electron chi connectivity index (χ2n) is 16.7. The zero-order valence-corrected chi connectivity index (χ0v) is 34.4. The maximum absolute atomic E-state index is 6.55. The van der Waals surface area contributed by atoms with Crippen LogP contribution in [-0.2, 0) is 5.41 Å². The second-order valence-corrected chi connectivity index (χ2v) is 16.7. The van der Waals surface area contributed by atoms with Crippen LogP contribution >= 0.6 is 0 Å². The van der Waals surface area contributed by atoms with Crippen LogP contribution in [0.4, 0.5) is 17.1 Å². The third kappa shape index (κ3) is 5.19. The molecule has 0 radical (unpaired) electrons. The van der Waals surface area contributed by atoms with Crippen molar-refractivity contribution in [1.29, 1.82) is 0 Å². The highest BCUT2D eigenvalue weighted by Gasteiger charge is 2.52. The minimum atomic E-state index is -0.473. The van der Waals surface area contributed by atoms with Crippen LogP contribution in [0.1, 0.15) is 22.3 Å². The predicted octanol–water partition coefficient (Wildman–Crippen LogP) is 16.4. The van der Waals surface area contributed by atoms with E-state index in [9.17, 15) is 0 Å². The molecule has 2 nitrogen and oxygen atoms in total. The van der Waals surface area contributed by atoms with E-state index in [1.54, 1.807) is 0 Å². The van der Waals surface area contributed by atoms with Gasteiger partial charge in [-0.05, 0) is 109 Å². The molecule has 1 spiro atoms. The predicted molar refractivity (Wildman–Crippen MR) is 261 cm³/mol. The fourth-order valence-corrected chi connectivity index (χ4v) is 10.9. The summed E-state index contributed by atoms with van der Waals surface area (Å²) in [5.41, 5.74) is 21.9. The lowest BCUT2D eigenvalue weighted by Crippen LogP contribution is -2.26. The number of hydrogen-bond donors (Lipinski definition) is 0. The number of furan rings is 1. The lowest BCUT2D eigenvalue weighted by molar-refractivity contribution is 0.669. The van der Waals surface area contributed by atoms with Crippen molar-refractivity contribution in [2.45, 2.75) is 5.41 Å². The van der Waals surface area contributed by atoms with Crippen molar-refractivity contribution >= 4 is 39.0 Å². The molecule has 294 valence electrons. The average molecular weight is 802 g/mol. The lowest BCUT2D eigenvalue weighted by Gasteiger charge is -2.32. The van der Waals surface area contributed by atoms with E-state index >= 15 is 0 Å². The van der Waals surface area contributed by atoms with E-state index in [0.717, 1.165) is 55.7 Å². The Morgan fingerprint density at radius 1 is 0.317 bits per heavy atom. The zero-order valence-electron chi connectivity index (χ0n) is 34.4. The van der Waals surface area contributed by atoms with Crippen LogP contribution in [0, 0.1) is 0 Å². The van der Waals surface area contributed by atoms with E-state index < -0.39 is 5.41 Å². The van der Waals surface area contributed by atoms with Gasteiger partial charge in [-0.3, -0.25) is 0 Å². The second kappa shape index (κ2) is 13.9. The first-order chi connectivity index (χ1) is 31.3. The first kappa shape index (κ1) is 35.5. The van der Waals surface area contributed by atoms with Gasteiger partial charge in [0.15, 0.2) is 0 Å². The van der Waals surface area contributed by atoms with E-state index in [1.165, 1.54) is 61.2 Å². The Kier molecular flexibility index (Phi) is 7.85. The highest BCUT2D eigenvalue weighted by molar-refractivity contribution is 6.14. The Labute approximate surface area is 366 Å². The lowest BCUT2D eigenvalue weighted by atomic mass is 9.70. The normalized spacial score (nSPS) is 12.9. The third-order valence-corrected chi connectivity index (χ3v) is 13.5. The number of fused-ring (bicyclic) bond motifs is 13. The van der Waals surface area contributed by atoms with Gasteiger partial charge in [-0.1, -0.05) is 194 Å². The molecule has 10 aromatic carbocycles. The van der Waals surface area contributed by atoms with E-state index in [0.29, 0.717) is 0 Å². The first-order valence-corrected chi connectivity index (χ1v) is 21.8. The minimum Gasteiger partial charge on any atom is -0.456 e. The molecule has 13 rings (SSSR count). The fraction of sp³-hybridized carbons (Fsp3) is 0.0164. The Morgan fingerprint density at radius 3 is 1.54 bits per heavy atom. The molecule has 0 bridgehead atoms. The molecule has 2 heteroatoms. The molecule has 63 heavy (non-hydrogen) atoms. The van der Waals surface area contributed by atoms with E-state index in [-0.39, 0.29) is 0 Å². The molecule has 0 saturated carbocycles. The SMILES string of the molecule is c1ccc(-c2ccc(N(c3ccc(-c4ccccc4)cc3-c3cccc4oc5ccccc5c34)c3cccc4c3-c3ccccc3C43c4ccccc4-c4ccccc43)cc2)cc1. The molecular weight excluding hydrogens is 763 g/mol. The summed E-state index contributed by atoms with van der Waals surface area (Å²) in [6, 6.07) is 86.6. The van der Waals surface area contributed by atoms with E-state index in [2.05, 4.69) is 241 Å². The summed E-state index contributed by atoms with van der Waals surface area (Å²) < 4.78 is 6.55. The molecule has 0 unspecified atom stereocenters. The maximum Gasteiger partial charge on any atom is 0.136 e. The van der Waals surface area contributed by atoms with Crippen LogP contribution in [0.2, 0.25) is 0 Å². The van der Waals surface area contributed by atoms with Gasteiger partial charge in [0.1, 0.15) is 11.2 Å². The molecule has 0 atom stereocenters. The molecule has 11 aromatic rings. The quantitative estimate of drug-likeness (QED) is 0.167. The van der Waals surface area contributed by atoms with E-state index in [4.69, 9.17) is 4.42 Å². The zero-order chi connectivity index (χ0) is 41.5. The number of rotatable bonds is 6. The monoisotopic (exact) mass is 801 g/mol. The van der Waals surface area contributed by atoms with Gasteiger partial charge in [-0.25, -0.2) is 0 Å². The fourth-order valence-electron chi connectivity index (χ4n) is 10.9. The third-order valence-electron chi connectivity index (χ3n) is 13.5. The van der Waals surface area contributed by atoms with Gasteiger partial charge in [0.2, 0.25) is 0 Å². The average Bonchev–Trinajstić information content (AvgIpc) is 4.00. The van der Waals surface area contributed by atoms with Crippen molar-refractivity contribution in [3.05, 3.63) is 259 Å². The number of hydrogen-bond acceptors (Lipinski definition) is 2. The standard InChI is InChI=1S/C61H39NO/c1-3-17-40(18-4-1)42-33-36-44(37-34-42)62(55-38-35-43(41-19-5-2-6-20-41)39-50(55)47-25-15-32-58-59(47)49-24-10-14-31-57(49)63-58)56-30-16-29-54-60(56)48-23-9-13-28-53(48)61(54)51-26-11-7-21-45(51)46-22-8-12-27-52(46)61/h1-39H. The highest BCUT2D eigenvalue weighted by Crippen LogP contribution is 2.65. The van der Waals surface area contributed by atoms with Gasteiger partial charge < -0.3 is 9.32 Å². The van der Waals surface area contributed by atoms with Gasteiger partial charge in [-0.15, -0.1) is 0 Å². The Hall–Kier alpha value is -8.20. The molecule has 0 aliphatic heterocycles. The number of benzene rings is 10. The molecule has 2 aliphatic carbocycles. The van der Waals surface area contributed by atoms with Crippen molar-refractivity contribution in [3.8, 4) is 55.6 Å². The summed E-state index contributed by atoms with van der Waals surface area (Å²) in [6.45, 7) is 0. The van der Waals surface area contributed by atoms with Crippen molar-refractivity contribution in [2.24, 2.45) is 0 Å². The summed E-state index contributed by atoms with van der Waals surface area (Å²) >= 11 is 0. The molecule has 0 N–H and O–H groups in total. The molecule has 1 aromatic heterocycles.